The van der Waals surface area contributed by atoms with Gasteiger partial charge in [-0.25, -0.2) is 0 Å². The molecule has 1 atom stereocenters. The van der Waals surface area contributed by atoms with E-state index < -0.39 is 11.5 Å². The summed E-state index contributed by atoms with van der Waals surface area (Å²) in [6, 6.07) is 0. The molecule has 0 aliphatic rings. The van der Waals surface area contributed by atoms with E-state index in [-0.39, 0.29) is 0 Å². The second-order valence-corrected chi connectivity index (χ2v) is 19.6. The Labute approximate surface area is 365 Å². The van der Waals surface area contributed by atoms with Gasteiger partial charge in [-0.3, -0.25) is 9.69 Å². The molecular weight excluding hydrogens is 715 g/mol. The standard InChI is InChI=1S/C53H107NO2S/c1-5-8-11-14-17-20-23-26-29-32-35-38-41-44-47-53(52(55)56,48-51-57-4)54(49-45-42-39-36-33-30-27-24-21-18-15-12-9-6-2)50-46-43-40-37-34-31-28-25-22-19-16-13-10-7-3/h5-51H2,1-4H3,(H,55,56)/t53-/m0/s1. The third-order valence-corrected chi connectivity index (χ3v) is 13.8. The molecule has 0 unspecified atom stereocenters. The molecule has 0 bridgehead atoms. The molecular formula is C53H107NO2S. The molecule has 0 fully saturated rings. The topological polar surface area (TPSA) is 40.5 Å². The van der Waals surface area contributed by atoms with Crippen molar-refractivity contribution in [2.45, 2.75) is 309 Å². The van der Waals surface area contributed by atoms with Crippen LogP contribution in [0.2, 0.25) is 0 Å². The van der Waals surface area contributed by atoms with E-state index in [1.165, 1.54) is 250 Å². The Hall–Kier alpha value is -0.220. The second-order valence-electron chi connectivity index (χ2n) is 18.6. The summed E-state index contributed by atoms with van der Waals surface area (Å²) in [6.07, 6.45) is 61.0. The van der Waals surface area contributed by atoms with E-state index in [4.69, 9.17) is 0 Å². The first-order chi connectivity index (χ1) is 28.1. The zero-order valence-electron chi connectivity index (χ0n) is 39.9. The monoisotopic (exact) mass is 822 g/mol. The van der Waals surface area contributed by atoms with Crippen molar-refractivity contribution in [3.05, 3.63) is 0 Å². The molecule has 0 aliphatic heterocycles. The van der Waals surface area contributed by atoms with Gasteiger partial charge >= 0.3 is 5.97 Å². The van der Waals surface area contributed by atoms with Crippen molar-refractivity contribution in [3.63, 3.8) is 0 Å². The fourth-order valence-electron chi connectivity index (χ4n) is 9.21. The zero-order chi connectivity index (χ0) is 41.6. The first kappa shape index (κ1) is 56.8. The third-order valence-electron chi connectivity index (χ3n) is 13.2. The molecule has 0 saturated carbocycles. The number of thioether (sulfide) groups is 1. The number of nitrogens with zero attached hydrogens (tertiary/aromatic N) is 1. The highest BCUT2D eigenvalue weighted by atomic mass is 32.2. The van der Waals surface area contributed by atoms with Gasteiger partial charge in [-0.05, 0) is 50.8 Å². The lowest BCUT2D eigenvalue weighted by Gasteiger charge is -2.41. The van der Waals surface area contributed by atoms with Crippen LogP contribution in [0.5, 0.6) is 0 Å². The average molecular weight is 823 g/mol. The lowest BCUT2D eigenvalue weighted by molar-refractivity contribution is -0.153. The lowest BCUT2D eigenvalue weighted by Crippen LogP contribution is -2.56. The Morgan fingerprint density at radius 3 is 0.825 bits per heavy atom. The maximum Gasteiger partial charge on any atom is 0.324 e. The summed E-state index contributed by atoms with van der Waals surface area (Å²) < 4.78 is 0. The molecule has 0 aromatic rings. The van der Waals surface area contributed by atoms with Crippen molar-refractivity contribution in [1.29, 1.82) is 0 Å². The minimum Gasteiger partial charge on any atom is -0.480 e. The van der Waals surface area contributed by atoms with Crippen molar-refractivity contribution in [3.8, 4) is 0 Å². The molecule has 0 radical (unpaired) electrons. The molecule has 0 aromatic carbocycles. The van der Waals surface area contributed by atoms with Gasteiger partial charge in [-0.1, -0.05) is 278 Å². The molecule has 1 N–H and O–H groups in total. The summed E-state index contributed by atoms with van der Waals surface area (Å²) in [4.78, 5) is 15.9. The summed E-state index contributed by atoms with van der Waals surface area (Å²) in [5.74, 6) is 0.403. The number of carboxylic acids is 1. The number of carboxylic acid groups (broad SMARTS) is 1. The van der Waals surface area contributed by atoms with Crippen LogP contribution in [-0.2, 0) is 4.79 Å². The van der Waals surface area contributed by atoms with Crippen LogP contribution in [0.25, 0.3) is 0 Å². The predicted octanol–water partition coefficient (Wildman–Crippen LogP) is 18.7. The highest BCUT2D eigenvalue weighted by Crippen LogP contribution is 2.31. The number of aliphatic carboxylic acids is 1. The quantitative estimate of drug-likeness (QED) is 0.0621. The molecule has 342 valence electrons. The SMILES string of the molecule is CCCCCCCCCCCCCCCCN(CCCCCCCCCCCCCCCC)[C@@](CCCCCCCCCCCCCCCC)(CCSC)C(=O)O. The minimum atomic E-state index is -0.687. The molecule has 0 rings (SSSR count). The molecule has 0 saturated heterocycles. The molecule has 0 amide bonds. The number of hydrogen-bond acceptors (Lipinski definition) is 3. The Morgan fingerprint density at radius 2 is 0.596 bits per heavy atom. The van der Waals surface area contributed by atoms with E-state index in [0.29, 0.717) is 0 Å². The number of unbranched alkanes of at least 4 members (excludes halogenated alkanes) is 39. The predicted molar refractivity (Wildman–Crippen MR) is 260 cm³/mol. The molecule has 0 aromatic heterocycles. The van der Waals surface area contributed by atoms with Crippen molar-refractivity contribution < 1.29 is 9.90 Å². The van der Waals surface area contributed by atoms with Crippen LogP contribution in [0, 0.1) is 0 Å². The lowest BCUT2D eigenvalue weighted by atomic mass is 9.86. The van der Waals surface area contributed by atoms with Crippen LogP contribution in [-0.4, -0.2) is 46.6 Å². The van der Waals surface area contributed by atoms with Gasteiger partial charge in [-0.2, -0.15) is 11.8 Å². The normalized spacial score (nSPS) is 12.9. The van der Waals surface area contributed by atoms with Crippen molar-refractivity contribution in [2.75, 3.05) is 25.1 Å². The van der Waals surface area contributed by atoms with E-state index >= 15 is 0 Å². The van der Waals surface area contributed by atoms with Crippen molar-refractivity contribution in [2.24, 2.45) is 0 Å². The summed E-state index contributed by atoms with van der Waals surface area (Å²) in [7, 11) is 0. The highest BCUT2D eigenvalue weighted by molar-refractivity contribution is 7.98. The molecule has 0 aliphatic carbocycles. The number of carbonyl (C=O) groups is 1. The van der Waals surface area contributed by atoms with E-state index in [2.05, 4.69) is 31.9 Å². The number of hydrogen-bond donors (Lipinski definition) is 1. The second kappa shape index (κ2) is 46.8. The summed E-state index contributed by atoms with van der Waals surface area (Å²) in [5.41, 5.74) is -0.687. The van der Waals surface area contributed by atoms with Gasteiger partial charge in [0.15, 0.2) is 0 Å². The Balaban J connectivity index is 4.81. The van der Waals surface area contributed by atoms with E-state index in [1.807, 2.05) is 11.8 Å². The van der Waals surface area contributed by atoms with Crippen LogP contribution in [0.4, 0.5) is 0 Å². The largest absolute Gasteiger partial charge is 0.480 e. The smallest absolute Gasteiger partial charge is 0.324 e. The minimum absolute atomic E-state index is 0.540. The zero-order valence-corrected chi connectivity index (χ0v) is 40.8. The van der Waals surface area contributed by atoms with Gasteiger partial charge in [0.05, 0.1) is 0 Å². The highest BCUT2D eigenvalue weighted by Gasteiger charge is 2.42. The Bertz CT molecular complexity index is 744. The van der Waals surface area contributed by atoms with Crippen LogP contribution in [0.3, 0.4) is 0 Å². The fourth-order valence-corrected chi connectivity index (χ4v) is 9.75. The summed E-state index contributed by atoms with van der Waals surface area (Å²) >= 11 is 1.83. The number of rotatable bonds is 50. The molecule has 0 spiro atoms. The van der Waals surface area contributed by atoms with Gasteiger partial charge in [0.25, 0.3) is 0 Å². The van der Waals surface area contributed by atoms with E-state index in [9.17, 15) is 9.90 Å². The first-order valence-corrected chi connectivity index (χ1v) is 28.0. The third kappa shape index (κ3) is 37.3. The summed E-state index contributed by atoms with van der Waals surface area (Å²) in [6.45, 7) is 8.84. The van der Waals surface area contributed by atoms with Crippen molar-refractivity contribution >= 4 is 17.7 Å². The van der Waals surface area contributed by atoms with Crippen molar-refractivity contribution in [1.82, 2.24) is 4.90 Å². The van der Waals surface area contributed by atoms with Crippen LogP contribution < -0.4 is 0 Å². The van der Waals surface area contributed by atoms with E-state index in [0.717, 1.165) is 50.9 Å². The van der Waals surface area contributed by atoms with Crippen LogP contribution >= 0.6 is 11.8 Å². The maximum atomic E-state index is 13.4. The molecule has 3 nitrogen and oxygen atoms in total. The van der Waals surface area contributed by atoms with Gasteiger partial charge in [0.2, 0.25) is 0 Å². The van der Waals surface area contributed by atoms with Gasteiger partial charge in [-0.15, -0.1) is 0 Å². The Kier molecular flexibility index (Phi) is 46.7. The van der Waals surface area contributed by atoms with Crippen LogP contribution in [0.1, 0.15) is 303 Å². The van der Waals surface area contributed by atoms with Gasteiger partial charge in [0, 0.05) is 0 Å². The molecule has 0 heterocycles. The van der Waals surface area contributed by atoms with Gasteiger partial charge in [0.1, 0.15) is 5.54 Å². The van der Waals surface area contributed by atoms with E-state index in [1.54, 1.807) is 0 Å². The molecule has 4 heteroatoms. The first-order valence-electron chi connectivity index (χ1n) is 26.6. The van der Waals surface area contributed by atoms with Crippen LogP contribution in [0.15, 0.2) is 0 Å². The Morgan fingerprint density at radius 1 is 0.368 bits per heavy atom. The maximum absolute atomic E-state index is 13.4. The molecule has 57 heavy (non-hydrogen) atoms. The summed E-state index contributed by atoms with van der Waals surface area (Å²) in [5, 5.41) is 11.0. The van der Waals surface area contributed by atoms with Gasteiger partial charge < -0.3 is 5.11 Å². The fraction of sp³-hybridized carbons (Fsp3) is 0.981. The average Bonchev–Trinajstić information content (AvgIpc) is 3.21.